The molecule has 4 nitrogen and oxygen atoms in total. The second-order valence-electron chi connectivity index (χ2n) is 4.10. The van der Waals surface area contributed by atoms with E-state index in [4.69, 9.17) is 14.3 Å². The molecule has 0 radical (unpaired) electrons. The minimum atomic E-state index is 0.308. The lowest BCUT2D eigenvalue weighted by molar-refractivity contribution is -0.0720. The number of piperidine rings is 1. The van der Waals surface area contributed by atoms with Crippen LogP contribution in [0.15, 0.2) is 18.2 Å². The van der Waals surface area contributed by atoms with E-state index < -0.39 is 0 Å². The van der Waals surface area contributed by atoms with E-state index in [9.17, 15) is 0 Å². The molecule has 0 amide bonds. The first-order chi connectivity index (χ1) is 7.92. The fourth-order valence-electron chi connectivity index (χ4n) is 2.04. The van der Waals surface area contributed by atoms with Crippen molar-refractivity contribution < 1.29 is 14.3 Å². The Bertz CT molecular complexity index is 375. The van der Waals surface area contributed by atoms with Gasteiger partial charge in [0.05, 0.1) is 0 Å². The third kappa shape index (κ3) is 1.93. The van der Waals surface area contributed by atoms with Crippen molar-refractivity contribution in [2.75, 3.05) is 19.9 Å². The predicted molar refractivity (Wildman–Crippen MR) is 58.6 cm³/mol. The van der Waals surface area contributed by atoms with Gasteiger partial charge in [-0.05, 0) is 25.0 Å². The van der Waals surface area contributed by atoms with Gasteiger partial charge in [0.15, 0.2) is 17.2 Å². The van der Waals surface area contributed by atoms with Crippen molar-refractivity contribution in [3.05, 3.63) is 18.2 Å². The van der Waals surface area contributed by atoms with Crippen molar-refractivity contribution in [2.24, 2.45) is 0 Å². The first kappa shape index (κ1) is 9.78. The summed E-state index contributed by atoms with van der Waals surface area (Å²) >= 11 is 0. The minimum Gasteiger partial charge on any atom is -0.454 e. The molecule has 0 aliphatic carbocycles. The topological polar surface area (TPSA) is 30.9 Å². The molecular formula is C12H15NO3. The predicted octanol–water partition coefficient (Wildman–Crippen LogP) is 2.19. The van der Waals surface area contributed by atoms with Crippen LogP contribution in [0.2, 0.25) is 0 Å². The zero-order valence-electron chi connectivity index (χ0n) is 9.15. The smallest absolute Gasteiger partial charge is 0.231 e. The van der Waals surface area contributed by atoms with Crippen LogP contribution in [0.4, 0.5) is 0 Å². The molecule has 1 fully saturated rings. The Balaban J connectivity index is 1.69. The van der Waals surface area contributed by atoms with Gasteiger partial charge >= 0.3 is 0 Å². The number of fused-ring (bicyclic) bond motifs is 1. The molecule has 0 aromatic heterocycles. The molecule has 1 aromatic rings. The molecule has 0 unspecified atom stereocenters. The van der Waals surface area contributed by atoms with Crippen molar-refractivity contribution in [1.29, 1.82) is 0 Å². The van der Waals surface area contributed by atoms with Gasteiger partial charge in [-0.1, -0.05) is 6.42 Å². The fraction of sp³-hybridized carbons (Fsp3) is 0.500. The van der Waals surface area contributed by atoms with Crippen LogP contribution in [0.1, 0.15) is 19.3 Å². The lowest BCUT2D eigenvalue weighted by atomic mass is 10.2. The second kappa shape index (κ2) is 4.22. The van der Waals surface area contributed by atoms with Crippen LogP contribution in [-0.2, 0) is 0 Å². The summed E-state index contributed by atoms with van der Waals surface area (Å²) in [7, 11) is 0. The van der Waals surface area contributed by atoms with Crippen molar-refractivity contribution in [3.63, 3.8) is 0 Å². The Morgan fingerprint density at radius 2 is 1.81 bits per heavy atom. The third-order valence-electron chi connectivity index (χ3n) is 2.89. The first-order valence-electron chi connectivity index (χ1n) is 5.74. The maximum Gasteiger partial charge on any atom is 0.231 e. The van der Waals surface area contributed by atoms with Gasteiger partial charge in [0.25, 0.3) is 0 Å². The molecule has 0 N–H and O–H groups in total. The first-order valence-corrected chi connectivity index (χ1v) is 5.74. The maximum absolute atomic E-state index is 5.78. The number of ether oxygens (including phenoxy) is 2. The van der Waals surface area contributed by atoms with Gasteiger partial charge in [0.1, 0.15) is 0 Å². The fourth-order valence-corrected chi connectivity index (χ4v) is 2.04. The zero-order chi connectivity index (χ0) is 10.8. The lowest BCUT2D eigenvalue weighted by Gasteiger charge is -2.25. The minimum absolute atomic E-state index is 0.308. The van der Waals surface area contributed by atoms with Gasteiger partial charge in [-0.15, -0.1) is 5.06 Å². The SMILES string of the molecule is c1cc2c(cc1ON1CCCCC1)OCO2. The normalized spacial score (nSPS) is 19.8. The van der Waals surface area contributed by atoms with E-state index in [0.717, 1.165) is 30.3 Å². The molecule has 0 atom stereocenters. The molecule has 2 aliphatic rings. The number of hydroxylamine groups is 2. The Labute approximate surface area is 94.7 Å². The molecule has 2 aliphatic heterocycles. The molecule has 0 bridgehead atoms. The van der Waals surface area contributed by atoms with E-state index >= 15 is 0 Å². The van der Waals surface area contributed by atoms with Gasteiger partial charge in [-0.2, -0.15) is 0 Å². The van der Waals surface area contributed by atoms with Crippen LogP contribution in [-0.4, -0.2) is 24.9 Å². The second-order valence-corrected chi connectivity index (χ2v) is 4.10. The van der Waals surface area contributed by atoms with Crippen molar-refractivity contribution in [3.8, 4) is 17.2 Å². The highest BCUT2D eigenvalue weighted by Gasteiger charge is 2.16. The van der Waals surface area contributed by atoms with Crippen LogP contribution < -0.4 is 14.3 Å². The average molecular weight is 221 g/mol. The van der Waals surface area contributed by atoms with Crippen LogP contribution in [0.3, 0.4) is 0 Å². The van der Waals surface area contributed by atoms with Gasteiger partial charge in [-0.3, -0.25) is 0 Å². The number of nitrogens with zero attached hydrogens (tertiary/aromatic N) is 1. The van der Waals surface area contributed by atoms with Gasteiger partial charge in [0, 0.05) is 19.2 Å². The Hall–Kier alpha value is -1.42. The third-order valence-corrected chi connectivity index (χ3v) is 2.89. The number of rotatable bonds is 2. The summed E-state index contributed by atoms with van der Waals surface area (Å²) in [5.41, 5.74) is 0. The van der Waals surface area contributed by atoms with Crippen molar-refractivity contribution >= 4 is 0 Å². The molecule has 1 saturated heterocycles. The standard InChI is InChI=1S/C12H15NO3/c1-2-6-13(7-3-1)16-10-4-5-11-12(8-10)15-9-14-11/h4-5,8H,1-3,6-7,9H2. The van der Waals surface area contributed by atoms with E-state index in [1.807, 2.05) is 23.3 Å². The van der Waals surface area contributed by atoms with E-state index in [2.05, 4.69) is 0 Å². The van der Waals surface area contributed by atoms with E-state index in [0.29, 0.717) is 6.79 Å². The summed E-state index contributed by atoms with van der Waals surface area (Å²) in [6.07, 6.45) is 3.73. The van der Waals surface area contributed by atoms with Gasteiger partial charge < -0.3 is 14.3 Å². The molecule has 0 saturated carbocycles. The zero-order valence-corrected chi connectivity index (χ0v) is 9.15. The van der Waals surface area contributed by atoms with Crippen LogP contribution in [0.25, 0.3) is 0 Å². The Morgan fingerprint density at radius 3 is 2.69 bits per heavy atom. The average Bonchev–Trinajstić information content (AvgIpc) is 2.77. The number of benzene rings is 1. The number of hydrogen-bond donors (Lipinski definition) is 0. The summed E-state index contributed by atoms with van der Waals surface area (Å²) in [5.74, 6) is 2.40. The molecule has 16 heavy (non-hydrogen) atoms. The summed E-state index contributed by atoms with van der Waals surface area (Å²) in [5, 5.41) is 2.01. The lowest BCUT2D eigenvalue weighted by Crippen LogP contribution is -2.32. The van der Waals surface area contributed by atoms with E-state index in [1.54, 1.807) is 0 Å². The molecule has 2 heterocycles. The highest BCUT2D eigenvalue weighted by molar-refractivity contribution is 5.46. The highest BCUT2D eigenvalue weighted by Crippen LogP contribution is 2.35. The molecular weight excluding hydrogens is 206 g/mol. The van der Waals surface area contributed by atoms with Gasteiger partial charge in [-0.25, -0.2) is 0 Å². The monoisotopic (exact) mass is 221 g/mol. The molecule has 4 heteroatoms. The van der Waals surface area contributed by atoms with Crippen molar-refractivity contribution in [1.82, 2.24) is 5.06 Å². The maximum atomic E-state index is 5.78. The Morgan fingerprint density at radius 1 is 1.00 bits per heavy atom. The summed E-state index contributed by atoms with van der Waals surface area (Å²) in [6, 6.07) is 5.70. The van der Waals surface area contributed by atoms with Gasteiger partial charge in [0.2, 0.25) is 6.79 Å². The Kier molecular flexibility index (Phi) is 2.58. The van der Waals surface area contributed by atoms with E-state index in [-0.39, 0.29) is 0 Å². The molecule has 3 rings (SSSR count). The molecule has 1 aromatic carbocycles. The molecule has 86 valence electrons. The quantitative estimate of drug-likeness (QED) is 0.766. The number of hydrogen-bond acceptors (Lipinski definition) is 4. The summed E-state index contributed by atoms with van der Waals surface area (Å²) < 4.78 is 10.6. The highest BCUT2D eigenvalue weighted by atomic mass is 16.7. The summed E-state index contributed by atoms with van der Waals surface area (Å²) in [4.78, 5) is 5.78. The van der Waals surface area contributed by atoms with Crippen LogP contribution >= 0.6 is 0 Å². The largest absolute Gasteiger partial charge is 0.454 e. The van der Waals surface area contributed by atoms with Crippen LogP contribution in [0.5, 0.6) is 17.2 Å². The van der Waals surface area contributed by atoms with Crippen LogP contribution in [0, 0.1) is 0 Å². The summed E-state index contributed by atoms with van der Waals surface area (Å²) in [6.45, 7) is 2.32. The van der Waals surface area contributed by atoms with E-state index in [1.165, 1.54) is 19.3 Å². The molecule has 0 spiro atoms. The van der Waals surface area contributed by atoms with Crippen molar-refractivity contribution in [2.45, 2.75) is 19.3 Å².